The molecule has 2 heteroatoms. The van der Waals surface area contributed by atoms with Crippen LogP contribution in [0.2, 0.25) is 0 Å². The first-order valence-corrected chi connectivity index (χ1v) is 7.96. The highest BCUT2D eigenvalue weighted by Gasteiger charge is 2.22. The molecule has 0 N–H and O–H groups in total. The molecule has 4 rings (SSSR count). The van der Waals surface area contributed by atoms with Crippen LogP contribution in [0.4, 0.5) is 0 Å². The Bertz CT molecular complexity index is 808. The van der Waals surface area contributed by atoms with Crippen LogP contribution in [0.5, 0.6) is 0 Å². The molecular weight excluding hydrogens is 268 g/mol. The summed E-state index contributed by atoms with van der Waals surface area (Å²) in [4.78, 5) is 4.95. The van der Waals surface area contributed by atoms with E-state index in [9.17, 15) is 0 Å². The number of rotatable bonds is 2. The second-order valence-corrected chi connectivity index (χ2v) is 6.21. The summed E-state index contributed by atoms with van der Waals surface area (Å²) in [6.45, 7) is 5.33. The van der Waals surface area contributed by atoms with Crippen LogP contribution in [0.25, 0.3) is 22.5 Å². The van der Waals surface area contributed by atoms with E-state index in [1.165, 1.54) is 40.2 Å². The number of fused-ring (bicyclic) bond motifs is 1. The van der Waals surface area contributed by atoms with Gasteiger partial charge in [-0.3, -0.25) is 0 Å². The highest BCUT2D eigenvalue weighted by atomic mass is 15.1. The average Bonchev–Trinajstić information content (AvgIpc) is 3.10. The Morgan fingerprint density at radius 1 is 0.818 bits per heavy atom. The van der Waals surface area contributed by atoms with Crippen molar-refractivity contribution in [1.29, 1.82) is 0 Å². The summed E-state index contributed by atoms with van der Waals surface area (Å²) in [6.07, 6.45) is 2.29. The van der Waals surface area contributed by atoms with Gasteiger partial charge in [-0.05, 0) is 20.3 Å². The third-order valence-corrected chi connectivity index (χ3v) is 4.48. The molecule has 22 heavy (non-hydrogen) atoms. The number of aryl methyl sites for hydroxylation is 3. The molecule has 0 bridgehead atoms. The predicted molar refractivity (Wildman–Crippen MR) is 90.9 cm³/mol. The molecule has 0 unspecified atom stereocenters. The molecule has 1 aliphatic heterocycles. The third kappa shape index (κ3) is 2.16. The Balaban J connectivity index is 1.92. The van der Waals surface area contributed by atoms with Crippen molar-refractivity contribution in [3.63, 3.8) is 0 Å². The molecule has 0 spiro atoms. The summed E-state index contributed by atoms with van der Waals surface area (Å²) in [6, 6.07) is 17.5. The minimum atomic E-state index is 1.08. The van der Waals surface area contributed by atoms with E-state index in [0.717, 1.165) is 18.7 Å². The lowest BCUT2D eigenvalue weighted by Crippen LogP contribution is -1.96. The topological polar surface area (TPSA) is 17.8 Å². The summed E-state index contributed by atoms with van der Waals surface area (Å²) in [5.41, 5.74) is 7.45. The fourth-order valence-corrected chi connectivity index (χ4v) is 3.24. The molecular formula is C20H20N2. The Hall–Kier alpha value is -2.35. The lowest BCUT2D eigenvalue weighted by atomic mass is 10.0. The van der Waals surface area contributed by atoms with E-state index < -0.39 is 0 Å². The summed E-state index contributed by atoms with van der Waals surface area (Å²) < 4.78 is 2.40. The summed E-state index contributed by atoms with van der Waals surface area (Å²) in [7, 11) is 0. The maximum Gasteiger partial charge on any atom is 0.109 e. The number of imidazole rings is 1. The van der Waals surface area contributed by atoms with Crippen LogP contribution in [-0.4, -0.2) is 9.55 Å². The zero-order valence-electron chi connectivity index (χ0n) is 13.1. The molecule has 0 radical (unpaired) electrons. The summed E-state index contributed by atoms with van der Waals surface area (Å²) in [5.74, 6) is 1.23. The van der Waals surface area contributed by atoms with Gasteiger partial charge >= 0.3 is 0 Å². The average molecular weight is 288 g/mol. The molecule has 3 aromatic rings. The molecule has 0 saturated heterocycles. The van der Waals surface area contributed by atoms with E-state index in [1.54, 1.807) is 0 Å². The Morgan fingerprint density at radius 3 is 2.05 bits per heavy atom. The molecule has 0 fully saturated rings. The van der Waals surface area contributed by atoms with Gasteiger partial charge < -0.3 is 4.57 Å². The van der Waals surface area contributed by atoms with Crippen molar-refractivity contribution in [3.8, 4) is 22.5 Å². The molecule has 0 saturated carbocycles. The molecule has 2 nitrogen and oxygen atoms in total. The van der Waals surface area contributed by atoms with E-state index in [2.05, 4.69) is 66.9 Å². The Morgan fingerprint density at radius 2 is 1.41 bits per heavy atom. The smallest absolute Gasteiger partial charge is 0.109 e. The summed E-state index contributed by atoms with van der Waals surface area (Å²) >= 11 is 0. The zero-order chi connectivity index (χ0) is 15.1. The van der Waals surface area contributed by atoms with Crippen LogP contribution >= 0.6 is 0 Å². The van der Waals surface area contributed by atoms with Gasteiger partial charge in [0.2, 0.25) is 0 Å². The molecule has 1 aliphatic rings. The fraction of sp³-hybridized carbons (Fsp3) is 0.250. The van der Waals surface area contributed by atoms with Crippen LogP contribution in [0.3, 0.4) is 0 Å². The fourth-order valence-electron chi connectivity index (χ4n) is 3.24. The normalized spacial score (nSPS) is 13.4. The van der Waals surface area contributed by atoms with Crippen molar-refractivity contribution in [3.05, 3.63) is 65.5 Å². The van der Waals surface area contributed by atoms with E-state index in [1.807, 2.05) is 0 Å². The first-order valence-electron chi connectivity index (χ1n) is 7.96. The molecule has 2 heterocycles. The number of benzene rings is 2. The van der Waals surface area contributed by atoms with Crippen molar-refractivity contribution < 1.29 is 0 Å². The molecule has 2 aromatic carbocycles. The second kappa shape index (κ2) is 5.13. The molecule has 0 aliphatic carbocycles. The maximum absolute atomic E-state index is 4.95. The van der Waals surface area contributed by atoms with Gasteiger partial charge in [-0.25, -0.2) is 4.98 Å². The quantitative estimate of drug-likeness (QED) is 0.663. The van der Waals surface area contributed by atoms with Crippen LogP contribution in [-0.2, 0) is 13.0 Å². The monoisotopic (exact) mass is 288 g/mol. The van der Waals surface area contributed by atoms with Gasteiger partial charge in [-0.2, -0.15) is 0 Å². The predicted octanol–water partition coefficient (Wildman–Crippen LogP) is 4.78. The van der Waals surface area contributed by atoms with Crippen molar-refractivity contribution in [2.24, 2.45) is 0 Å². The van der Waals surface area contributed by atoms with E-state index >= 15 is 0 Å². The number of nitrogens with zero attached hydrogens (tertiary/aromatic N) is 2. The second-order valence-electron chi connectivity index (χ2n) is 6.21. The van der Waals surface area contributed by atoms with Crippen LogP contribution in [0, 0.1) is 13.8 Å². The van der Waals surface area contributed by atoms with Crippen molar-refractivity contribution in [1.82, 2.24) is 9.55 Å². The summed E-state index contributed by atoms with van der Waals surface area (Å²) in [5, 5.41) is 0. The minimum absolute atomic E-state index is 1.08. The maximum atomic E-state index is 4.95. The Labute approximate surface area is 131 Å². The standard InChI is InChI=1S/C20H20N2/c1-14-5-9-16(10-6-14)19-20(17-11-7-15(2)8-12-17)22-13-3-4-18(22)21-19/h5-12H,3-4,13H2,1-2H3. The van der Waals surface area contributed by atoms with Crippen LogP contribution < -0.4 is 0 Å². The van der Waals surface area contributed by atoms with E-state index in [0.29, 0.717) is 0 Å². The highest BCUT2D eigenvalue weighted by Crippen LogP contribution is 2.35. The number of hydrogen-bond donors (Lipinski definition) is 0. The molecule has 1 aromatic heterocycles. The third-order valence-electron chi connectivity index (χ3n) is 4.48. The largest absolute Gasteiger partial charge is 0.327 e. The first kappa shape index (κ1) is 13.3. The number of hydrogen-bond acceptors (Lipinski definition) is 1. The first-order chi connectivity index (χ1) is 10.7. The lowest BCUT2D eigenvalue weighted by Gasteiger charge is -2.09. The van der Waals surface area contributed by atoms with Crippen LogP contribution in [0.15, 0.2) is 48.5 Å². The van der Waals surface area contributed by atoms with E-state index in [-0.39, 0.29) is 0 Å². The molecule has 110 valence electrons. The SMILES string of the molecule is Cc1ccc(-c2nc3n(c2-c2ccc(C)cc2)CCC3)cc1. The Kier molecular flexibility index (Phi) is 3.11. The molecule has 0 amide bonds. The van der Waals surface area contributed by atoms with Gasteiger partial charge in [-0.15, -0.1) is 0 Å². The van der Waals surface area contributed by atoms with Gasteiger partial charge in [0.1, 0.15) is 5.82 Å². The minimum Gasteiger partial charge on any atom is -0.327 e. The highest BCUT2D eigenvalue weighted by molar-refractivity contribution is 5.79. The van der Waals surface area contributed by atoms with Crippen LogP contribution in [0.1, 0.15) is 23.4 Å². The van der Waals surface area contributed by atoms with Crippen molar-refractivity contribution in [2.45, 2.75) is 33.2 Å². The lowest BCUT2D eigenvalue weighted by molar-refractivity contribution is 0.756. The van der Waals surface area contributed by atoms with Gasteiger partial charge in [0.15, 0.2) is 0 Å². The van der Waals surface area contributed by atoms with E-state index in [4.69, 9.17) is 4.98 Å². The number of aromatic nitrogens is 2. The van der Waals surface area contributed by atoms with Gasteiger partial charge in [0.25, 0.3) is 0 Å². The van der Waals surface area contributed by atoms with Gasteiger partial charge in [0.05, 0.1) is 11.4 Å². The zero-order valence-corrected chi connectivity index (χ0v) is 13.1. The molecule has 0 atom stereocenters. The van der Waals surface area contributed by atoms with Gasteiger partial charge in [-0.1, -0.05) is 59.7 Å². The van der Waals surface area contributed by atoms with Crippen molar-refractivity contribution >= 4 is 0 Å². The van der Waals surface area contributed by atoms with Gasteiger partial charge in [0, 0.05) is 24.1 Å². The van der Waals surface area contributed by atoms with Crippen molar-refractivity contribution in [2.75, 3.05) is 0 Å².